The smallest absolute Gasteiger partial charge is 0.307 e. The lowest BCUT2D eigenvalue weighted by molar-refractivity contribution is -0.141. The molecule has 4 heteroatoms. The van der Waals surface area contributed by atoms with E-state index in [9.17, 15) is 4.79 Å². The fourth-order valence-electron chi connectivity index (χ4n) is 1.35. The molecule has 1 aromatic rings. The van der Waals surface area contributed by atoms with Gasteiger partial charge in [-0.3, -0.25) is 4.79 Å². The first-order valence-electron chi connectivity index (χ1n) is 4.64. The molecule has 0 aromatic heterocycles. The van der Waals surface area contributed by atoms with Gasteiger partial charge in [-0.05, 0) is 6.07 Å². The molecule has 0 bridgehead atoms. The van der Waals surface area contributed by atoms with Crippen LogP contribution in [0.2, 0.25) is 0 Å². The molecule has 4 nitrogen and oxygen atoms in total. The zero-order chi connectivity index (χ0) is 11.3. The summed E-state index contributed by atoms with van der Waals surface area (Å²) in [6, 6.07) is 6.97. The molecule has 1 rings (SSSR count). The van der Waals surface area contributed by atoms with E-state index < -0.39 is 6.04 Å². The van der Waals surface area contributed by atoms with E-state index in [1.807, 2.05) is 24.3 Å². The number of benzene rings is 1. The van der Waals surface area contributed by atoms with Crippen LogP contribution in [0.1, 0.15) is 18.0 Å². The van der Waals surface area contributed by atoms with E-state index in [1.165, 1.54) is 7.11 Å². The van der Waals surface area contributed by atoms with Crippen molar-refractivity contribution < 1.29 is 14.3 Å². The minimum absolute atomic E-state index is 0.150. The lowest BCUT2D eigenvalue weighted by atomic mass is 10.0. The van der Waals surface area contributed by atoms with Crippen LogP contribution in [0.15, 0.2) is 24.3 Å². The van der Waals surface area contributed by atoms with E-state index in [4.69, 9.17) is 10.5 Å². The van der Waals surface area contributed by atoms with Crippen LogP contribution in [0.5, 0.6) is 5.75 Å². The van der Waals surface area contributed by atoms with Gasteiger partial charge in [-0.2, -0.15) is 0 Å². The third-order valence-electron chi connectivity index (χ3n) is 2.15. The average molecular weight is 209 g/mol. The highest BCUT2D eigenvalue weighted by Gasteiger charge is 2.15. The molecule has 82 valence electrons. The number of methoxy groups -OCH3 is 2. The maximum Gasteiger partial charge on any atom is 0.307 e. The van der Waals surface area contributed by atoms with Gasteiger partial charge in [0.2, 0.25) is 0 Å². The van der Waals surface area contributed by atoms with Gasteiger partial charge in [0.25, 0.3) is 0 Å². The van der Waals surface area contributed by atoms with Gasteiger partial charge in [-0.15, -0.1) is 0 Å². The first-order valence-corrected chi connectivity index (χ1v) is 4.64. The quantitative estimate of drug-likeness (QED) is 0.758. The first-order chi connectivity index (χ1) is 7.19. The van der Waals surface area contributed by atoms with Crippen molar-refractivity contribution in [2.24, 2.45) is 5.73 Å². The molecule has 1 atom stereocenters. The molecule has 1 aromatic carbocycles. The van der Waals surface area contributed by atoms with Crippen molar-refractivity contribution in [2.45, 2.75) is 12.5 Å². The van der Waals surface area contributed by atoms with Crippen LogP contribution in [0.25, 0.3) is 0 Å². The van der Waals surface area contributed by atoms with Gasteiger partial charge >= 0.3 is 5.97 Å². The molecule has 0 aliphatic carbocycles. The first kappa shape index (κ1) is 11.5. The van der Waals surface area contributed by atoms with Gasteiger partial charge in [-0.25, -0.2) is 0 Å². The highest BCUT2D eigenvalue weighted by molar-refractivity contribution is 5.70. The SMILES string of the molecule is COC(=O)CC(N)c1ccccc1OC. The Morgan fingerprint density at radius 2 is 2.07 bits per heavy atom. The Morgan fingerprint density at radius 1 is 1.40 bits per heavy atom. The Hall–Kier alpha value is -1.55. The highest BCUT2D eigenvalue weighted by atomic mass is 16.5. The zero-order valence-corrected chi connectivity index (χ0v) is 8.90. The van der Waals surface area contributed by atoms with Crippen LogP contribution < -0.4 is 10.5 Å². The summed E-state index contributed by atoms with van der Waals surface area (Å²) < 4.78 is 9.71. The van der Waals surface area contributed by atoms with Gasteiger partial charge in [0.15, 0.2) is 0 Å². The molecular weight excluding hydrogens is 194 g/mol. The lowest BCUT2D eigenvalue weighted by Crippen LogP contribution is -2.17. The Morgan fingerprint density at radius 3 is 2.67 bits per heavy atom. The van der Waals surface area contributed by atoms with Crippen molar-refractivity contribution >= 4 is 5.97 Å². The number of carbonyl (C=O) groups is 1. The summed E-state index contributed by atoms with van der Waals surface area (Å²) in [6.07, 6.45) is 0.150. The number of rotatable bonds is 4. The third kappa shape index (κ3) is 2.95. The van der Waals surface area contributed by atoms with E-state index in [-0.39, 0.29) is 12.4 Å². The highest BCUT2D eigenvalue weighted by Crippen LogP contribution is 2.25. The van der Waals surface area contributed by atoms with Crippen LogP contribution in [0.4, 0.5) is 0 Å². The molecule has 1 unspecified atom stereocenters. The van der Waals surface area contributed by atoms with E-state index in [0.717, 1.165) is 5.56 Å². The fraction of sp³-hybridized carbons (Fsp3) is 0.364. The number of carbonyl (C=O) groups excluding carboxylic acids is 1. The molecule has 2 N–H and O–H groups in total. The molecule has 0 radical (unpaired) electrons. The van der Waals surface area contributed by atoms with Crippen LogP contribution in [0.3, 0.4) is 0 Å². The Labute approximate surface area is 89.0 Å². The summed E-state index contributed by atoms with van der Waals surface area (Å²) in [6.45, 7) is 0. The average Bonchev–Trinajstić information content (AvgIpc) is 2.28. The molecule has 0 aliphatic rings. The summed E-state index contributed by atoms with van der Waals surface area (Å²) >= 11 is 0. The van der Waals surface area contributed by atoms with Crippen LogP contribution in [0, 0.1) is 0 Å². The monoisotopic (exact) mass is 209 g/mol. The minimum Gasteiger partial charge on any atom is -0.496 e. The third-order valence-corrected chi connectivity index (χ3v) is 2.15. The van der Waals surface area contributed by atoms with Gasteiger partial charge in [-0.1, -0.05) is 18.2 Å². The van der Waals surface area contributed by atoms with E-state index in [0.29, 0.717) is 5.75 Å². The fourth-order valence-corrected chi connectivity index (χ4v) is 1.35. The summed E-state index contributed by atoms with van der Waals surface area (Å²) in [4.78, 5) is 11.1. The summed E-state index contributed by atoms with van der Waals surface area (Å²) in [5.74, 6) is 0.363. The Kier molecular flexibility index (Phi) is 4.12. The zero-order valence-electron chi connectivity index (χ0n) is 8.90. The van der Waals surface area contributed by atoms with Crippen molar-refractivity contribution in [2.75, 3.05) is 14.2 Å². The predicted molar refractivity (Wildman–Crippen MR) is 56.6 cm³/mol. The summed E-state index contributed by atoms with van der Waals surface area (Å²) in [5.41, 5.74) is 6.68. The minimum atomic E-state index is -0.395. The Balaban J connectivity index is 2.80. The topological polar surface area (TPSA) is 61.5 Å². The molecule has 0 amide bonds. The van der Waals surface area contributed by atoms with Crippen molar-refractivity contribution in [3.63, 3.8) is 0 Å². The maximum atomic E-state index is 11.1. The molecular formula is C11H15NO3. The van der Waals surface area contributed by atoms with Crippen LogP contribution in [-0.2, 0) is 9.53 Å². The lowest BCUT2D eigenvalue weighted by Gasteiger charge is -2.14. The van der Waals surface area contributed by atoms with E-state index in [2.05, 4.69) is 4.74 Å². The van der Waals surface area contributed by atoms with Gasteiger partial charge in [0, 0.05) is 11.6 Å². The largest absolute Gasteiger partial charge is 0.496 e. The van der Waals surface area contributed by atoms with Crippen LogP contribution >= 0.6 is 0 Å². The van der Waals surface area contributed by atoms with Gasteiger partial charge < -0.3 is 15.2 Å². The van der Waals surface area contributed by atoms with Crippen molar-refractivity contribution in [3.8, 4) is 5.75 Å². The Bertz CT molecular complexity index is 338. The van der Waals surface area contributed by atoms with Crippen molar-refractivity contribution in [1.82, 2.24) is 0 Å². The molecule has 0 aliphatic heterocycles. The van der Waals surface area contributed by atoms with E-state index in [1.54, 1.807) is 7.11 Å². The second-order valence-corrected chi connectivity index (χ2v) is 3.13. The number of ether oxygens (including phenoxy) is 2. The van der Waals surface area contributed by atoms with Crippen LogP contribution in [-0.4, -0.2) is 20.2 Å². The second-order valence-electron chi connectivity index (χ2n) is 3.13. The second kappa shape index (κ2) is 5.36. The predicted octanol–water partition coefficient (Wildman–Crippen LogP) is 1.26. The molecule has 0 spiro atoms. The standard InChI is InChI=1S/C11H15NO3/c1-14-10-6-4-3-5-8(10)9(12)7-11(13)15-2/h3-6,9H,7,12H2,1-2H3. The molecule has 15 heavy (non-hydrogen) atoms. The maximum absolute atomic E-state index is 11.1. The number of esters is 1. The summed E-state index contributed by atoms with van der Waals surface area (Å²) in [5, 5.41) is 0. The van der Waals surface area contributed by atoms with Gasteiger partial charge in [0.05, 0.1) is 20.6 Å². The molecule has 0 saturated heterocycles. The number of hydrogen-bond donors (Lipinski definition) is 1. The number of nitrogens with two attached hydrogens (primary N) is 1. The van der Waals surface area contributed by atoms with E-state index >= 15 is 0 Å². The van der Waals surface area contributed by atoms with Crippen molar-refractivity contribution in [3.05, 3.63) is 29.8 Å². The molecule has 0 heterocycles. The molecule has 0 fully saturated rings. The number of hydrogen-bond acceptors (Lipinski definition) is 4. The van der Waals surface area contributed by atoms with Gasteiger partial charge in [0.1, 0.15) is 5.75 Å². The normalized spacial score (nSPS) is 11.9. The number of para-hydroxylation sites is 1. The molecule has 0 saturated carbocycles. The summed E-state index contributed by atoms with van der Waals surface area (Å²) in [7, 11) is 2.92. The van der Waals surface area contributed by atoms with Crippen molar-refractivity contribution in [1.29, 1.82) is 0 Å².